The molecular formula is C9H13N7. The number of rotatable bonds is 4. The average Bonchev–Trinajstić information content (AvgIpc) is 3.04. The molecule has 1 atom stereocenters. The number of fused-ring (bicyclic) bond motifs is 1. The fourth-order valence-electron chi connectivity index (χ4n) is 1.71. The molecule has 2 aromatic heterocycles. The number of tetrazole rings is 1. The molecule has 16 heavy (non-hydrogen) atoms. The minimum Gasteiger partial charge on any atom is -0.367 e. The summed E-state index contributed by atoms with van der Waals surface area (Å²) in [4.78, 5) is 4.06. The predicted octanol–water partition coefficient (Wildman–Crippen LogP) is -0.332. The highest BCUT2D eigenvalue weighted by molar-refractivity contribution is 5.43. The summed E-state index contributed by atoms with van der Waals surface area (Å²) in [5.41, 5.74) is 6.63. The molecule has 2 aromatic rings. The lowest BCUT2D eigenvalue weighted by atomic mass is 10.2. The third kappa shape index (κ3) is 1.69. The van der Waals surface area contributed by atoms with E-state index in [4.69, 9.17) is 5.73 Å². The van der Waals surface area contributed by atoms with Crippen molar-refractivity contribution in [1.82, 2.24) is 25.0 Å². The number of hydrogen-bond acceptors (Lipinski definition) is 6. The Morgan fingerprint density at radius 2 is 2.38 bits per heavy atom. The Kier molecular flexibility index (Phi) is 2.17. The van der Waals surface area contributed by atoms with Crippen LogP contribution >= 0.6 is 0 Å². The number of hydrogen-bond donors (Lipinski definition) is 2. The van der Waals surface area contributed by atoms with E-state index in [1.165, 1.54) is 12.8 Å². The zero-order chi connectivity index (χ0) is 11.0. The molecule has 7 heteroatoms. The van der Waals surface area contributed by atoms with Crippen LogP contribution in [0.5, 0.6) is 0 Å². The van der Waals surface area contributed by atoms with E-state index >= 15 is 0 Å². The van der Waals surface area contributed by atoms with Crippen LogP contribution in [-0.4, -0.2) is 37.6 Å². The quantitative estimate of drug-likeness (QED) is 0.731. The number of aromatic nitrogens is 5. The highest BCUT2D eigenvalue weighted by Gasteiger charge is 2.28. The Bertz CT molecular complexity index is 489. The summed E-state index contributed by atoms with van der Waals surface area (Å²) in [5, 5.41) is 14.5. The molecule has 1 saturated carbocycles. The van der Waals surface area contributed by atoms with Gasteiger partial charge in [-0.05, 0) is 29.2 Å². The second-order valence-corrected chi connectivity index (χ2v) is 4.12. The van der Waals surface area contributed by atoms with Crippen LogP contribution in [0.1, 0.15) is 12.8 Å². The fraction of sp³-hybridized carbons (Fsp3) is 0.556. The minimum atomic E-state index is 0.201. The van der Waals surface area contributed by atoms with Gasteiger partial charge in [-0.25, -0.2) is 0 Å². The van der Waals surface area contributed by atoms with Gasteiger partial charge in [-0.2, -0.15) is 4.52 Å². The Labute approximate surface area is 92.0 Å². The van der Waals surface area contributed by atoms with Gasteiger partial charge < -0.3 is 11.1 Å². The molecule has 0 aliphatic heterocycles. The summed E-state index contributed by atoms with van der Waals surface area (Å²) in [6.45, 7) is 0.728. The predicted molar refractivity (Wildman–Crippen MR) is 57.8 cm³/mol. The molecule has 0 saturated heterocycles. The van der Waals surface area contributed by atoms with E-state index in [-0.39, 0.29) is 6.04 Å². The molecule has 1 aliphatic carbocycles. The van der Waals surface area contributed by atoms with Crippen molar-refractivity contribution < 1.29 is 0 Å². The molecular weight excluding hydrogens is 206 g/mol. The van der Waals surface area contributed by atoms with Crippen LogP contribution in [0.25, 0.3) is 5.65 Å². The fourth-order valence-corrected chi connectivity index (χ4v) is 1.71. The van der Waals surface area contributed by atoms with Gasteiger partial charge in [0.2, 0.25) is 0 Å². The van der Waals surface area contributed by atoms with Gasteiger partial charge in [-0.1, -0.05) is 0 Å². The van der Waals surface area contributed by atoms with E-state index in [1.807, 2.05) is 0 Å². The van der Waals surface area contributed by atoms with E-state index in [0.717, 1.165) is 12.4 Å². The Balaban J connectivity index is 1.75. The van der Waals surface area contributed by atoms with Gasteiger partial charge in [0.15, 0.2) is 5.65 Å². The first-order chi connectivity index (χ1) is 7.84. The molecule has 0 aromatic carbocycles. The summed E-state index contributed by atoms with van der Waals surface area (Å²) in [7, 11) is 0. The van der Waals surface area contributed by atoms with Gasteiger partial charge in [0.1, 0.15) is 5.82 Å². The smallest absolute Gasteiger partial charge is 0.199 e. The van der Waals surface area contributed by atoms with Crippen molar-refractivity contribution in [3.63, 3.8) is 0 Å². The van der Waals surface area contributed by atoms with Crippen molar-refractivity contribution in [2.24, 2.45) is 11.7 Å². The average molecular weight is 219 g/mol. The number of nitrogens with one attached hydrogen (secondary N) is 1. The van der Waals surface area contributed by atoms with Crippen molar-refractivity contribution in [3.05, 3.63) is 12.4 Å². The molecule has 1 unspecified atom stereocenters. The molecule has 0 bridgehead atoms. The molecule has 1 fully saturated rings. The van der Waals surface area contributed by atoms with Crippen molar-refractivity contribution >= 4 is 11.5 Å². The van der Waals surface area contributed by atoms with E-state index in [1.54, 1.807) is 16.9 Å². The lowest BCUT2D eigenvalue weighted by Crippen LogP contribution is -2.31. The number of nitrogens with zero attached hydrogens (tertiary/aromatic N) is 5. The van der Waals surface area contributed by atoms with Gasteiger partial charge in [0.25, 0.3) is 0 Å². The highest BCUT2D eigenvalue weighted by Crippen LogP contribution is 2.31. The van der Waals surface area contributed by atoms with E-state index in [2.05, 4.69) is 25.8 Å². The molecule has 0 radical (unpaired) electrons. The molecule has 1 aliphatic rings. The van der Waals surface area contributed by atoms with E-state index in [9.17, 15) is 0 Å². The van der Waals surface area contributed by atoms with Crippen molar-refractivity contribution in [2.75, 3.05) is 11.9 Å². The summed E-state index contributed by atoms with van der Waals surface area (Å²) in [5.74, 6) is 1.45. The maximum Gasteiger partial charge on any atom is 0.199 e. The van der Waals surface area contributed by atoms with Crippen molar-refractivity contribution in [2.45, 2.75) is 18.9 Å². The summed E-state index contributed by atoms with van der Waals surface area (Å²) in [6.07, 6.45) is 5.81. The summed E-state index contributed by atoms with van der Waals surface area (Å²) < 4.78 is 1.62. The summed E-state index contributed by atoms with van der Waals surface area (Å²) >= 11 is 0. The van der Waals surface area contributed by atoms with Crippen molar-refractivity contribution in [1.29, 1.82) is 0 Å². The second-order valence-electron chi connectivity index (χ2n) is 4.12. The molecule has 0 spiro atoms. The van der Waals surface area contributed by atoms with Crippen LogP contribution < -0.4 is 11.1 Å². The zero-order valence-corrected chi connectivity index (χ0v) is 8.74. The van der Waals surface area contributed by atoms with E-state index in [0.29, 0.717) is 11.6 Å². The SMILES string of the molecule is NC(CNc1cncc2nnnn12)C1CC1. The summed E-state index contributed by atoms with van der Waals surface area (Å²) in [6, 6.07) is 0.201. The largest absolute Gasteiger partial charge is 0.367 e. The molecule has 0 amide bonds. The third-order valence-electron chi connectivity index (χ3n) is 2.86. The standard InChI is InChI=1S/C9H13N7/c10-7(6-1-2-6)3-12-8-4-11-5-9-13-14-15-16(8)9/h4-7,12H,1-3,10H2. The van der Waals surface area contributed by atoms with Crippen LogP contribution in [0.2, 0.25) is 0 Å². The first kappa shape index (κ1) is 9.46. The number of anilines is 1. The lowest BCUT2D eigenvalue weighted by molar-refractivity contribution is 0.618. The first-order valence-corrected chi connectivity index (χ1v) is 5.36. The Hall–Kier alpha value is -1.76. The van der Waals surface area contributed by atoms with Crippen LogP contribution in [0, 0.1) is 5.92 Å². The van der Waals surface area contributed by atoms with E-state index < -0.39 is 0 Å². The van der Waals surface area contributed by atoms with Crippen LogP contribution in [0.15, 0.2) is 12.4 Å². The Morgan fingerprint density at radius 3 is 3.19 bits per heavy atom. The van der Waals surface area contributed by atoms with Crippen LogP contribution in [0.3, 0.4) is 0 Å². The second kappa shape index (κ2) is 3.67. The highest BCUT2D eigenvalue weighted by atomic mass is 15.5. The lowest BCUT2D eigenvalue weighted by Gasteiger charge is -2.12. The third-order valence-corrected chi connectivity index (χ3v) is 2.86. The van der Waals surface area contributed by atoms with Gasteiger partial charge in [0, 0.05) is 12.6 Å². The van der Waals surface area contributed by atoms with Gasteiger partial charge >= 0.3 is 0 Å². The normalized spacial score (nSPS) is 17.6. The topological polar surface area (TPSA) is 94.0 Å². The minimum absolute atomic E-state index is 0.201. The first-order valence-electron chi connectivity index (χ1n) is 5.36. The maximum atomic E-state index is 6.00. The molecule has 3 N–H and O–H groups in total. The molecule has 7 nitrogen and oxygen atoms in total. The zero-order valence-electron chi connectivity index (χ0n) is 8.74. The van der Waals surface area contributed by atoms with Gasteiger partial charge in [-0.3, -0.25) is 4.98 Å². The molecule has 2 heterocycles. The number of nitrogens with two attached hydrogens (primary N) is 1. The molecule has 84 valence electrons. The monoisotopic (exact) mass is 219 g/mol. The van der Waals surface area contributed by atoms with Gasteiger partial charge in [0.05, 0.1) is 12.4 Å². The van der Waals surface area contributed by atoms with Crippen molar-refractivity contribution in [3.8, 4) is 0 Å². The van der Waals surface area contributed by atoms with Gasteiger partial charge in [-0.15, -0.1) is 5.10 Å². The maximum absolute atomic E-state index is 6.00. The molecule has 3 rings (SSSR count). The van der Waals surface area contributed by atoms with Crippen LogP contribution in [-0.2, 0) is 0 Å². The Morgan fingerprint density at radius 1 is 1.50 bits per heavy atom. The van der Waals surface area contributed by atoms with Crippen LogP contribution in [0.4, 0.5) is 5.82 Å².